The molecule has 1 aliphatic rings. The number of para-hydroxylation sites is 1. The van der Waals surface area contributed by atoms with Crippen molar-refractivity contribution in [2.45, 2.75) is 31.7 Å². The summed E-state index contributed by atoms with van der Waals surface area (Å²) in [6, 6.07) is 15.2. The summed E-state index contributed by atoms with van der Waals surface area (Å²) < 4.78 is 0.734. The van der Waals surface area contributed by atoms with Crippen LogP contribution in [0.2, 0.25) is 0 Å². The van der Waals surface area contributed by atoms with E-state index in [2.05, 4.69) is 63.5 Å². The molecule has 6 N–H and O–H groups in total. The predicted octanol–water partition coefficient (Wildman–Crippen LogP) is 4.84. The third kappa shape index (κ3) is 7.56. The van der Waals surface area contributed by atoms with Gasteiger partial charge >= 0.3 is 6.03 Å². The SMILES string of the molecule is CNC(Cc1c[nH]c2ccccc12)C(=O)NCCCNc1nc(Nc2cccc(NC(=O)N3CCCC3)c2)ncc1Br. The fraction of sp³-hybridized carbons (Fsp3) is 0.333. The molecule has 5 rings (SSSR count). The maximum Gasteiger partial charge on any atom is 0.321 e. The second-order valence-corrected chi connectivity index (χ2v) is 11.1. The largest absolute Gasteiger partial charge is 0.369 e. The molecule has 1 saturated heterocycles. The van der Waals surface area contributed by atoms with E-state index in [1.54, 1.807) is 13.2 Å². The second-order valence-electron chi connectivity index (χ2n) is 10.2. The Morgan fingerprint density at radius 3 is 2.71 bits per heavy atom. The summed E-state index contributed by atoms with van der Waals surface area (Å²) in [5.74, 6) is 1.03. The molecule has 0 radical (unpaired) electrons. The van der Waals surface area contributed by atoms with Crippen LogP contribution in [0.3, 0.4) is 0 Å². The van der Waals surface area contributed by atoms with Crippen LogP contribution in [0.5, 0.6) is 0 Å². The molecule has 0 bridgehead atoms. The number of likely N-dealkylation sites (tertiary alicyclic amines) is 1. The number of nitrogens with one attached hydrogen (secondary N) is 6. The number of carbonyl (C=O) groups is 2. The van der Waals surface area contributed by atoms with Crippen molar-refractivity contribution in [2.24, 2.45) is 0 Å². The van der Waals surface area contributed by atoms with E-state index in [0.717, 1.165) is 52.6 Å². The summed E-state index contributed by atoms with van der Waals surface area (Å²) in [7, 11) is 1.81. The standard InChI is InChI=1S/C30H36BrN9O2/c1-32-26(16-20-18-35-25-11-3-2-10-23(20)25)28(41)34-13-7-12-33-27-24(31)19-36-29(39-27)37-21-8-6-9-22(17-21)38-30(42)40-14-4-5-15-40/h2-3,6,8-11,17-19,26,32,35H,4-5,7,12-16H2,1H3,(H,34,41)(H,38,42)(H2,33,36,37,39). The van der Waals surface area contributed by atoms with Crippen LogP contribution in [-0.2, 0) is 11.2 Å². The first-order valence-corrected chi connectivity index (χ1v) is 15.0. The van der Waals surface area contributed by atoms with Gasteiger partial charge in [-0.05, 0) is 78.5 Å². The first kappa shape index (κ1) is 29.3. The summed E-state index contributed by atoms with van der Waals surface area (Å²) in [5.41, 5.74) is 3.64. The van der Waals surface area contributed by atoms with Crippen molar-refractivity contribution in [3.8, 4) is 0 Å². The molecular weight excluding hydrogens is 598 g/mol. The number of halogens is 1. The second kappa shape index (κ2) is 14.1. The Bertz CT molecular complexity index is 1520. The molecule has 1 unspecified atom stereocenters. The predicted molar refractivity (Wildman–Crippen MR) is 170 cm³/mol. The monoisotopic (exact) mass is 633 g/mol. The Morgan fingerprint density at radius 1 is 1.07 bits per heavy atom. The van der Waals surface area contributed by atoms with Crippen molar-refractivity contribution in [2.75, 3.05) is 49.2 Å². The molecule has 0 aliphatic carbocycles. The molecule has 11 nitrogen and oxygen atoms in total. The van der Waals surface area contributed by atoms with Gasteiger partial charge in [-0.15, -0.1) is 0 Å². The molecule has 12 heteroatoms. The van der Waals surface area contributed by atoms with Gasteiger partial charge in [0.05, 0.1) is 10.5 Å². The highest BCUT2D eigenvalue weighted by atomic mass is 79.9. The average molecular weight is 635 g/mol. The number of nitrogens with zero attached hydrogens (tertiary/aromatic N) is 3. The molecule has 4 aromatic rings. The molecule has 2 aromatic heterocycles. The maximum absolute atomic E-state index is 12.8. The number of aromatic nitrogens is 3. The molecule has 1 atom stereocenters. The number of aromatic amines is 1. The van der Waals surface area contributed by atoms with Gasteiger partial charge in [0.25, 0.3) is 0 Å². The average Bonchev–Trinajstić information content (AvgIpc) is 3.68. The number of likely N-dealkylation sites (N-methyl/N-ethyl adjacent to an activating group) is 1. The zero-order chi connectivity index (χ0) is 29.3. The zero-order valence-corrected chi connectivity index (χ0v) is 25.1. The Morgan fingerprint density at radius 2 is 1.88 bits per heavy atom. The van der Waals surface area contributed by atoms with Gasteiger partial charge < -0.3 is 36.5 Å². The van der Waals surface area contributed by atoms with Gasteiger partial charge in [-0.25, -0.2) is 9.78 Å². The normalized spacial score (nSPS) is 13.6. The van der Waals surface area contributed by atoms with E-state index >= 15 is 0 Å². The van der Waals surface area contributed by atoms with Crippen LogP contribution in [0.15, 0.2) is 65.4 Å². The van der Waals surface area contributed by atoms with E-state index in [4.69, 9.17) is 0 Å². The zero-order valence-electron chi connectivity index (χ0n) is 23.5. The molecule has 1 aliphatic heterocycles. The Kier molecular flexibility index (Phi) is 9.88. The molecule has 0 saturated carbocycles. The van der Waals surface area contributed by atoms with Gasteiger partial charge in [-0.1, -0.05) is 24.3 Å². The maximum atomic E-state index is 12.8. The fourth-order valence-electron chi connectivity index (χ4n) is 4.95. The van der Waals surface area contributed by atoms with Crippen LogP contribution >= 0.6 is 15.9 Å². The Hall–Kier alpha value is -4.16. The third-order valence-electron chi connectivity index (χ3n) is 7.22. The minimum atomic E-state index is -0.325. The molecule has 220 valence electrons. The number of hydrogen-bond donors (Lipinski definition) is 6. The number of benzene rings is 2. The molecule has 0 spiro atoms. The molecule has 3 heterocycles. The van der Waals surface area contributed by atoms with E-state index in [1.807, 2.05) is 53.6 Å². The minimum Gasteiger partial charge on any atom is -0.369 e. The van der Waals surface area contributed by atoms with Crippen molar-refractivity contribution in [3.63, 3.8) is 0 Å². The van der Waals surface area contributed by atoms with Crippen LogP contribution in [0.25, 0.3) is 10.9 Å². The highest BCUT2D eigenvalue weighted by Crippen LogP contribution is 2.24. The minimum absolute atomic E-state index is 0.0312. The number of amides is 3. The van der Waals surface area contributed by atoms with Crippen LogP contribution in [0, 0.1) is 0 Å². The lowest BCUT2D eigenvalue weighted by molar-refractivity contribution is -0.123. The molecule has 2 aromatic carbocycles. The third-order valence-corrected chi connectivity index (χ3v) is 7.80. The van der Waals surface area contributed by atoms with Crippen LogP contribution < -0.4 is 26.6 Å². The Labute approximate surface area is 253 Å². The highest BCUT2D eigenvalue weighted by molar-refractivity contribution is 9.10. The van der Waals surface area contributed by atoms with Gasteiger partial charge in [0.2, 0.25) is 11.9 Å². The van der Waals surface area contributed by atoms with Crippen molar-refractivity contribution in [1.82, 2.24) is 30.5 Å². The number of carbonyl (C=O) groups excluding carboxylic acids is 2. The van der Waals surface area contributed by atoms with Gasteiger partial charge in [0.15, 0.2) is 0 Å². The summed E-state index contributed by atoms with van der Waals surface area (Å²) in [5, 5.41) is 16.8. The molecular formula is C30H36BrN9O2. The molecule has 42 heavy (non-hydrogen) atoms. The topological polar surface area (TPSA) is 139 Å². The number of rotatable bonds is 12. The van der Waals surface area contributed by atoms with E-state index in [0.29, 0.717) is 43.4 Å². The lowest BCUT2D eigenvalue weighted by Crippen LogP contribution is -2.44. The van der Waals surface area contributed by atoms with Gasteiger partial charge in [-0.3, -0.25) is 4.79 Å². The number of hydrogen-bond acceptors (Lipinski definition) is 7. The van der Waals surface area contributed by atoms with E-state index < -0.39 is 0 Å². The number of H-pyrrole nitrogens is 1. The first-order valence-electron chi connectivity index (χ1n) is 14.2. The smallest absolute Gasteiger partial charge is 0.321 e. The number of urea groups is 1. The van der Waals surface area contributed by atoms with E-state index in [1.165, 1.54) is 0 Å². The van der Waals surface area contributed by atoms with E-state index in [9.17, 15) is 9.59 Å². The van der Waals surface area contributed by atoms with Gasteiger partial charge in [0.1, 0.15) is 5.82 Å². The van der Waals surface area contributed by atoms with Crippen molar-refractivity contribution in [3.05, 3.63) is 71.0 Å². The highest BCUT2D eigenvalue weighted by Gasteiger charge is 2.19. The summed E-state index contributed by atoms with van der Waals surface area (Å²) in [6.07, 6.45) is 7.06. The summed E-state index contributed by atoms with van der Waals surface area (Å²) in [6.45, 7) is 2.73. The fourth-order valence-corrected chi connectivity index (χ4v) is 5.29. The van der Waals surface area contributed by atoms with Crippen molar-refractivity contribution >= 4 is 61.9 Å². The van der Waals surface area contributed by atoms with E-state index in [-0.39, 0.29) is 18.0 Å². The Balaban J connectivity index is 1.08. The first-order chi connectivity index (χ1) is 20.5. The summed E-state index contributed by atoms with van der Waals surface area (Å²) >= 11 is 3.50. The van der Waals surface area contributed by atoms with Gasteiger partial charge in [-0.2, -0.15) is 4.98 Å². The lowest BCUT2D eigenvalue weighted by Gasteiger charge is -2.17. The van der Waals surface area contributed by atoms with Crippen LogP contribution in [-0.4, -0.2) is 71.1 Å². The van der Waals surface area contributed by atoms with Gasteiger partial charge in [0, 0.05) is 60.9 Å². The molecule has 1 fully saturated rings. The van der Waals surface area contributed by atoms with Crippen LogP contribution in [0.4, 0.5) is 27.9 Å². The van der Waals surface area contributed by atoms with Crippen molar-refractivity contribution in [1.29, 1.82) is 0 Å². The van der Waals surface area contributed by atoms with Crippen LogP contribution in [0.1, 0.15) is 24.8 Å². The lowest BCUT2D eigenvalue weighted by atomic mass is 10.0. The van der Waals surface area contributed by atoms with Crippen molar-refractivity contribution < 1.29 is 9.59 Å². The number of anilines is 4. The number of fused-ring (bicyclic) bond motifs is 1. The molecule has 3 amide bonds. The quantitative estimate of drug-likeness (QED) is 0.123. The summed E-state index contributed by atoms with van der Waals surface area (Å²) in [4.78, 5) is 39.3.